The quantitative estimate of drug-likeness (QED) is 0.353. The van der Waals surface area contributed by atoms with Gasteiger partial charge in [-0.25, -0.2) is 0 Å². The Morgan fingerprint density at radius 3 is 1.73 bits per heavy atom. The van der Waals surface area contributed by atoms with Crippen LogP contribution in [0.3, 0.4) is 0 Å². The Kier molecular flexibility index (Phi) is 9.52. The first-order valence-electron chi connectivity index (χ1n) is 10.0. The highest BCUT2D eigenvalue weighted by atomic mass is 28.4. The Morgan fingerprint density at radius 2 is 1.35 bits per heavy atom. The number of aliphatic hydroxyl groups excluding tert-OH is 1. The van der Waals surface area contributed by atoms with E-state index in [1.54, 1.807) is 0 Å². The summed E-state index contributed by atoms with van der Waals surface area (Å²) >= 11 is 0. The van der Waals surface area contributed by atoms with E-state index in [9.17, 15) is 5.11 Å². The summed E-state index contributed by atoms with van der Waals surface area (Å²) in [5, 5.41) is 9.71. The first-order valence-corrected chi connectivity index (χ1v) is 15.9. The number of hydrogen-bond acceptors (Lipinski definition) is 3. The fourth-order valence-corrected chi connectivity index (χ4v) is 5.12. The largest absolute Gasteiger partial charge is 0.414 e. The molecule has 0 aromatic heterocycles. The van der Waals surface area contributed by atoms with Gasteiger partial charge in [-0.15, -0.1) is 0 Å². The highest BCUT2D eigenvalue weighted by Gasteiger charge is 2.41. The standard InChI is InChI=1S/C21H46O3Si2/c1-17(16-22)13-14-19(24-26(11,12)21(6,7)8)15-18(2)23-25(9,10)20(3,4)5/h13,18-19,22H,14-16H2,1-12H3/b17-13+/t18-,19+/m0/s1. The Bertz CT molecular complexity index is 457. The molecule has 2 atom stereocenters. The Morgan fingerprint density at radius 1 is 0.923 bits per heavy atom. The Hall–Kier alpha value is 0.0538. The lowest BCUT2D eigenvalue weighted by Crippen LogP contribution is -2.46. The summed E-state index contributed by atoms with van der Waals surface area (Å²) in [5.41, 5.74) is 1.01. The molecule has 0 spiro atoms. The van der Waals surface area contributed by atoms with E-state index in [1.807, 2.05) is 6.92 Å². The van der Waals surface area contributed by atoms with Crippen LogP contribution in [0, 0.1) is 0 Å². The molecular formula is C21H46O3Si2. The fraction of sp³-hybridized carbons (Fsp3) is 0.905. The van der Waals surface area contributed by atoms with Crippen molar-refractivity contribution in [3.63, 3.8) is 0 Å². The van der Waals surface area contributed by atoms with Crippen LogP contribution in [-0.2, 0) is 8.85 Å². The summed E-state index contributed by atoms with van der Waals surface area (Å²) in [6, 6.07) is 0. The number of hydrogen-bond donors (Lipinski definition) is 1. The fourth-order valence-electron chi connectivity index (χ4n) is 2.28. The van der Waals surface area contributed by atoms with Gasteiger partial charge in [-0.2, -0.15) is 0 Å². The van der Waals surface area contributed by atoms with Gasteiger partial charge in [-0.3, -0.25) is 0 Å². The maximum Gasteiger partial charge on any atom is 0.192 e. The van der Waals surface area contributed by atoms with Crippen LogP contribution in [0.2, 0.25) is 36.3 Å². The third-order valence-electron chi connectivity index (χ3n) is 6.14. The zero-order valence-corrected chi connectivity index (χ0v) is 21.6. The normalized spacial score (nSPS) is 17.3. The van der Waals surface area contributed by atoms with Crippen molar-refractivity contribution in [1.82, 2.24) is 0 Å². The van der Waals surface area contributed by atoms with Crippen molar-refractivity contribution < 1.29 is 14.0 Å². The molecule has 0 aliphatic carbocycles. The summed E-state index contributed by atoms with van der Waals surface area (Å²) in [6.07, 6.45) is 4.17. The number of aliphatic hydroxyl groups is 1. The smallest absolute Gasteiger partial charge is 0.192 e. The van der Waals surface area contributed by atoms with Gasteiger partial charge in [0.2, 0.25) is 0 Å². The van der Waals surface area contributed by atoms with E-state index in [0.717, 1.165) is 18.4 Å². The molecule has 0 saturated heterocycles. The maximum atomic E-state index is 9.31. The lowest BCUT2D eigenvalue weighted by atomic mass is 10.1. The second-order valence-electron chi connectivity index (χ2n) is 10.9. The zero-order valence-electron chi connectivity index (χ0n) is 19.6. The van der Waals surface area contributed by atoms with Crippen LogP contribution >= 0.6 is 0 Å². The minimum Gasteiger partial charge on any atom is -0.414 e. The molecule has 0 aromatic carbocycles. The van der Waals surface area contributed by atoms with Crippen molar-refractivity contribution >= 4 is 16.6 Å². The predicted octanol–water partition coefficient (Wildman–Crippen LogP) is 6.51. The Balaban J connectivity index is 5.24. The van der Waals surface area contributed by atoms with E-state index in [2.05, 4.69) is 80.7 Å². The van der Waals surface area contributed by atoms with E-state index in [0.29, 0.717) is 0 Å². The SMILES string of the molecule is C/C(=C\C[C@H](C[C@H](C)O[Si](C)(C)C(C)(C)C)O[Si](C)(C)C(C)(C)C)CO. The molecule has 1 N–H and O–H groups in total. The first-order chi connectivity index (χ1) is 11.4. The predicted molar refractivity (Wildman–Crippen MR) is 120 cm³/mol. The second kappa shape index (κ2) is 9.50. The third-order valence-corrected chi connectivity index (χ3v) is 15.3. The van der Waals surface area contributed by atoms with Crippen molar-refractivity contribution in [2.75, 3.05) is 6.61 Å². The van der Waals surface area contributed by atoms with Gasteiger partial charge in [-0.1, -0.05) is 53.2 Å². The highest BCUT2D eigenvalue weighted by Crippen LogP contribution is 2.40. The van der Waals surface area contributed by atoms with Gasteiger partial charge in [0.25, 0.3) is 0 Å². The maximum absolute atomic E-state index is 9.31. The molecular weight excluding hydrogens is 356 g/mol. The van der Waals surface area contributed by atoms with Crippen LogP contribution in [-0.4, -0.2) is 40.6 Å². The molecule has 0 aliphatic rings. The average Bonchev–Trinajstić information content (AvgIpc) is 2.40. The van der Waals surface area contributed by atoms with Crippen molar-refractivity contribution in [1.29, 1.82) is 0 Å². The third kappa shape index (κ3) is 8.38. The molecule has 0 bridgehead atoms. The van der Waals surface area contributed by atoms with E-state index in [1.165, 1.54) is 0 Å². The molecule has 0 aliphatic heterocycles. The molecule has 0 aromatic rings. The second-order valence-corrected chi connectivity index (χ2v) is 20.4. The van der Waals surface area contributed by atoms with Gasteiger partial charge in [0, 0.05) is 6.10 Å². The first kappa shape index (κ1) is 26.1. The summed E-state index contributed by atoms with van der Waals surface area (Å²) in [6.45, 7) is 27.2. The van der Waals surface area contributed by atoms with E-state index in [-0.39, 0.29) is 28.9 Å². The lowest BCUT2D eigenvalue weighted by Gasteiger charge is -2.42. The Labute approximate surface area is 165 Å². The zero-order chi connectivity index (χ0) is 21.0. The van der Waals surface area contributed by atoms with Crippen LogP contribution in [0.4, 0.5) is 0 Å². The molecule has 0 amide bonds. The van der Waals surface area contributed by atoms with Gasteiger partial charge >= 0.3 is 0 Å². The molecule has 156 valence electrons. The molecule has 3 nitrogen and oxygen atoms in total. The lowest BCUT2D eigenvalue weighted by molar-refractivity contribution is 0.103. The molecule has 0 radical (unpaired) electrons. The van der Waals surface area contributed by atoms with E-state index in [4.69, 9.17) is 8.85 Å². The van der Waals surface area contributed by atoms with Gasteiger partial charge in [0.05, 0.1) is 12.7 Å². The summed E-state index contributed by atoms with van der Waals surface area (Å²) in [5.74, 6) is 0. The summed E-state index contributed by atoms with van der Waals surface area (Å²) in [7, 11) is -3.63. The van der Waals surface area contributed by atoms with E-state index >= 15 is 0 Å². The monoisotopic (exact) mass is 402 g/mol. The average molecular weight is 403 g/mol. The van der Waals surface area contributed by atoms with E-state index < -0.39 is 16.6 Å². The molecule has 0 heterocycles. The summed E-state index contributed by atoms with van der Waals surface area (Å²) < 4.78 is 13.3. The van der Waals surface area contributed by atoms with Crippen molar-refractivity contribution in [2.45, 2.75) is 117 Å². The molecule has 0 rings (SSSR count). The molecule has 26 heavy (non-hydrogen) atoms. The van der Waals surface area contributed by atoms with Crippen LogP contribution < -0.4 is 0 Å². The van der Waals surface area contributed by atoms with Crippen LogP contribution in [0.15, 0.2) is 11.6 Å². The minimum atomic E-state index is -1.85. The van der Waals surface area contributed by atoms with Gasteiger partial charge in [0.1, 0.15) is 0 Å². The van der Waals surface area contributed by atoms with Gasteiger partial charge in [0.15, 0.2) is 16.6 Å². The van der Waals surface area contributed by atoms with Gasteiger partial charge < -0.3 is 14.0 Å². The number of rotatable bonds is 9. The highest BCUT2D eigenvalue weighted by molar-refractivity contribution is 6.74. The topological polar surface area (TPSA) is 38.7 Å². The van der Waals surface area contributed by atoms with Crippen molar-refractivity contribution in [3.8, 4) is 0 Å². The van der Waals surface area contributed by atoms with Crippen LogP contribution in [0.1, 0.15) is 68.2 Å². The molecule has 0 saturated carbocycles. The molecule has 0 unspecified atom stereocenters. The van der Waals surface area contributed by atoms with Crippen molar-refractivity contribution in [2.24, 2.45) is 0 Å². The summed E-state index contributed by atoms with van der Waals surface area (Å²) in [4.78, 5) is 0. The van der Waals surface area contributed by atoms with Crippen molar-refractivity contribution in [3.05, 3.63) is 11.6 Å². The molecule has 5 heteroatoms. The van der Waals surface area contributed by atoms with Gasteiger partial charge in [-0.05, 0) is 63.0 Å². The molecule has 0 fully saturated rings. The van der Waals surface area contributed by atoms with Crippen LogP contribution in [0.25, 0.3) is 0 Å². The minimum absolute atomic E-state index is 0.114. The van der Waals surface area contributed by atoms with Crippen LogP contribution in [0.5, 0.6) is 0 Å².